The molecule has 3 heterocycles. The monoisotopic (exact) mass is 512 g/mol. The van der Waals surface area contributed by atoms with Crippen LogP contribution in [0.15, 0.2) is 36.5 Å². The number of carbonyl (C=O) groups excluding carboxylic acids is 1. The van der Waals surface area contributed by atoms with Crippen molar-refractivity contribution in [2.24, 2.45) is 5.41 Å². The highest BCUT2D eigenvalue weighted by Crippen LogP contribution is 2.36. The first-order chi connectivity index (χ1) is 17.6. The second kappa shape index (κ2) is 10.9. The van der Waals surface area contributed by atoms with Gasteiger partial charge < -0.3 is 28.7 Å². The van der Waals surface area contributed by atoms with Crippen LogP contribution in [0.2, 0.25) is 0 Å². The zero-order valence-corrected chi connectivity index (χ0v) is 21.7. The highest BCUT2D eigenvalue weighted by Gasteiger charge is 2.49. The van der Waals surface area contributed by atoms with Crippen molar-refractivity contribution in [1.82, 2.24) is 9.88 Å². The first kappa shape index (κ1) is 26.6. The van der Waals surface area contributed by atoms with E-state index in [2.05, 4.69) is 11.1 Å². The van der Waals surface area contributed by atoms with Gasteiger partial charge in [-0.15, -0.1) is 0 Å². The van der Waals surface area contributed by atoms with Crippen LogP contribution in [-0.2, 0) is 20.8 Å². The molecule has 0 atom stereocenters. The maximum absolute atomic E-state index is 14.3. The van der Waals surface area contributed by atoms with Gasteiger partial charge in [-0.05, 0) is 50.6 Å². The van der Waals surface area contributed by atoms with Gasteiger partial charge in [0, 0.05) is 38.8 Å². The maximum Gasteiger partial charge on any atom is 0.410 e. The number of methoxy groups -OCH3 is 1. The molecule has 0 radical (unpaired) electrons. The fourth-order valence-corrected chi connectivity index (χ4v) is 4.40. The molecule has 2 saturated heterocycles. The van der Waals surface area contributed by atoms with E-state index in [1.165, 1.54) is 19.4 Å². The van der Waals surface area contributed by atoms with E-state index in [4.69, 9.17) is 24.2 Å². The first-order valence-electron chi connectivity index (χ1n) is 12.2. The Morgan fingerprint density at radius 2 is 2.00 bits per heavy atom. The Balaban J connectivity index is 1.34. The summed E-state index contributed by atoms with van der Waals surface area (Å²) in [6.07, 6.45) is 1.35. The summed E-state index contributed by atoms with van der Waals surface area (Å²) in [4.78, 5) is 20.3. The van der Waals surface area contributed by atoms with Crippen molar-refractivity contribution in [3.63, 3.8) is 0 Å². The maximum atomic E-state index is 14.3. The summed E-state index contributed by atoms with van der Waals surface area (Å²) in [6.45, 7) is 8.55. The average Bonchev–Trinajstić information content (AvgIpc) is 2.84. The van der Waals surface area contributed by atoms with Crippen LogP contribution in [0.4, 0.5) is 15.0 Å². The van der Waals surface area contributed by atoms with E-state index < -0.39 is 17.7 Å². The quantitative estimate of drug-likeness (QED) is 0.547. The van der Waals surface area contributed by atoms with Crippen LogP contribution in [0.1, 0.15) is 38.3 Å². The average molecular weight is 513 g/mol. The lowest BCUT2D eigenvalue weighted by atomic mass is 9.81. The number of benzene rings is 1. The number of carbonyl (C=O) groups is 1. The predicted octanol–water partition coefficient (Wildman–Crippen LogP) is 4.11. The summed E-state index contributed by atoms with van der Waals surface area (Å²) in [5.41, 5.74) is 0.482. The molecule has 1 amide bonds. The third kappa shape index (κ3) is 6.67. The smallest absolute Gasteiger partial charge is 0.410 e. The number of anilines is 1. The summed E-state index contributed by atoms with van der Waals surface area (Å²) in [5, 5.41) is 9.10. The van der Waals surface area contributed by atoms with Gasteiger partial charge in [0.1, 0.15) is 17.5 Å². The van der Waals surface area contributed by atoms with Crippen molar-refractivity contribution >= 4 is 11.9 Å². The van der Waals surface area contributed by atoms with Crippen molar-refractivity contribution < 1.29 is 28.1 Å². The number of halogens is 1. The number of nitrogens with zero attached hydrogens (tertiary/aromatic N) is 4. The third-order valence-corrected chi connectivity index (χ3v) is 6.28. The molecule has 4 rings (SSSR count). The SMILES string of the molecule is COc1ccc(CN(CCC2OCC3(CO2)CN(C(=O)OC(C)(C)C)C3)c2ccc(C#N)cn2)cc1F. The lowest BCUT2D eigenvalue weighted by molar-refractivity contribution is -0.254. The van der Waals surface area contributed by atoms with E-state index in [9.17, 15) is 9.18 Å². The standard InChI is InChI=1S/C27H33FN4O5/c1-26(2,3)37-25(33)32-15-27(16-32)17-35-24(36-18-27)9-10-31(23-8-6-20(12-29)13-30-23)14-19-5-7-22(34-4)21(28)11-19/h5-8,11,13,24H,9-10,14-18H2,1-4H3. The number of hydrogen-bond donors (Lipinski definition) is 0. The molecule has 1 aromatic carbocycles. The Hall–Kier alpha value is -3.42. The van der Waals surface area contributed by atoms with Crippen molar-refractivity contribution in [3.05, 3.63) is 53.5 Å². The van der Waals surface area contributed by atoms with Crippen LogP contribution in [0.3, 0.4) is 0 Å². The van der Waals surface area contributed by atoms with Crippen molar-refractivity contribution in [2.45, 2.75) is 45.6 Å². The number of aromatic nitrogens is 1. The first-order valence-corrected chi connectivity index (χ1v) is 12.2. The van der Waals surface area contributed by atoms with E-state index >= 15 is 0 Å². The van der Waals surface area contributed by atoms with Crippen LogP contribution < -0.4 is 9.64 Å². The summed E-state index contributed by atoms with van der Waals surface area (Å²) in [7, 11) is 1.43. The molecule has 9 nitrogen and oxygen atoms in total. The van der Waals surface area contributed by atoms with Crippen molar-refractivity contribution in [2.75, 3.05) is 44.9 Å². The highest BCUT2D eigenvalue weighted by molar-refractivity contribution is 5.69. The van der Waals surface area contributed by atoms with Gasteiger partial charge >= 0.3 is 6.09 Å². The fourth-order valence-electron chi connectivity index (χ4n) is 4.40. The van der Waals surface area contributed by atoms with E-state index in [0.29, 0.717) is 57.2 Å². The normalized spacial score (nSPS) is 17.1. The number of ether oxygens (including phenoxy) is 4. The Labute approximate surface area is 216 Å². The van der Waals surface area contributed by atoms with Gasteiger partial charge in [-0.25, -0.2) is 14.2 Å². The molecule has 0 aliphatic carbocycles. The molecule has 1 spiro atoms. The number of amides is 1. The number of nitriles is 1. The van der Waals surface area contributed by atoms with Crippen molar-refractivity contribution in [1.29, 1.82) is 5.26 Å². The molecular formula is C27H33FN4O5. The summed E-state index contributed by atoms with van der Waals surface area (Å²) >= 11 is 0. The van der Waals surface area contributed by atoms with Gasteiger partial charge in [-0.3, -0.25) is 0 Å². The molecule has 37 heavy (non-hydrogen) atoms. The lowest BCUT2D eigenvalue weighted by Gasteiger charge is -2.52. The molecule has 0 saturated carbocycles. The third-order valence-electron chi connectivity index (χ3n) is 6.28. The Morgan fingerprint density at radius 3 is 2.57 bits per heavy atom. The fraction of sp³-hybridized carbons (Fsp3) is 0.519. The number of likely N-dealkylation sites (tertiary alicyclic amines) is 1. The second-order valence-electron chi connectivity index (χ2n) is 10.6. The molecule has 2 fully saturated rings. The molecule has 0 bridgehead atoms. The van der Waals surface area contributed by atoms with Gasteiger partial charge in [-0.1, -0.05) is 6.07 Å². The van der Waals surface area contributed by atoms with Gasteiger partial charge in [0.15, 0.2) is 17.9 Å². The number of rotatable bonds is 7. The molecule has 0 N–H and O–H groups in total. The topological polar surface area (TPSA) is 97.1 Å². The largest absolute Gasteiger partial charge is 0.494 e. The predicted molar refractivity (Wildman–Crippen MR) is 134 cm³/mol. The number of hydrogen-bond acceptors (Lipinski definition) is 8. The Morgan fingerprint density at radius 1 is 1.27 bits per heavy atom. The molecule has 0 unspecified atom stereocenters. The van der Waals surface area contributed by atoms with Crippen molar-refractivity contribution in [3.8, 4) is 11.8 Å². The Kier molecular flexibility index (Phi) is 7.85. The lowest BCUT2D eigenvalue weighted by Crippen LogP contribution is -2.65. The van der Waals surface area contributed by atoms with Gasteiger partial charge in [0.2, 0.25) is 0 Å². The minimum absolute atomic E-state index is 0.186. The summed E-state index contributed by atoms with van der Waals surface area (Å²) in [5.74, 6) is 0.415. The second-order valence-corrected chi connectivity index (χ2v) is 10.6. The van der Waals surface area contributed by atoms with Crippen LogP contribution in [0.5, 0.6) is 5.75 Å². The minimum Gasteiger partial charge on any atom is -0.494 e. The van der Waals surface area contributed by atoms with E-state index in [1.807, 2.05) is 31.7 Å². The molecule has 2 aromatic rings. The molecule has 198 valence electrons. The minimum atomic E-state index is -0.530. The highest BCUT2D eigenvalue weighted by atomic mass is 19.1. The van der Waals surface area contributed by atoms with E-state index in [0.717, 1.165) is 5.56 Å². The molecular weight excluding hydrogens is 479 g/mol. The van der Waals surface area contributed by atoms with Gasteiger partial charge in [0.05, 0.1) is 31.3 Å². The zero-order valence-electron chi connectivity index (χ0n) is 21.7. The van der Waals surface area contributed by atoms with Crippen LogP contribution >= 0.6 is 0 Å². The van der Waals surface area contributed by atoms with Crippen LogP contribution in [0.25, 0.3) is 0 Å². The van der Waals surface area contributed by atoms with E-state index in [-0.39, 0.29) is 17.3 Å². The Bertz CT molecular complexity index is 1130. The molecule has 2 aliphatic rings. The number of pyridine rings is 1. The van der Waals surface area contributed by atoms with Crippen LogP contribution in [0, 0.1) is 22.6 Å². The zero-order chi connectivity index (χ0) is 26.6. The molecule has 10 heteroatoms. The molecule has 2 aliphatic heterocycles. The molecule has 1 aromatic heterocycles. The van der Waals surface area contributed by atoms with Crippen LogP contribution in [-0.4, -0.2) is 67.8 Å². The summed E-state index contributed by atoms with van der Waals surface area (Å²) in [6, 6.07) is 10.4. The van der Waals surface area contributed by atoms with Gasteiger partial charge in [0.25, 0.3) is 0 Å². The van der Waals surface area contributed by atoms with Gasteiger partial charge in [-0.2, -0.15) is 5.26 Å². The summed E-state index contributed by atoms with van der Waals surface area (Å²) < 4.78 is 36.8. The van der Waals surface area contributed by atoms with E-state index in [1.54, 1.807) is 23.1 Å².